The second-order valence-electron chi connectivity index (χ2n) is 10.6. The quantitative estimate of drug-likeness (QED) is 0.436. The molecule has 222 valence electrons. The van der Waals surface area contributed by atoms with Crippen molar-refractivity contribution in [2.24, 2.45) is 0 Å². The van der Waals surface area contributed by atoms with E-state index in [9.17, 15) is 14.4 Å². The highest BCUT2D eigenvalue weighted by molar-refractivity contribution is 5.92. The zero-order valence-electron chi connectivity index (χ0n) is 24.0. The second kappa shape index (κ2) is 13.4. The summed E-state index contributed by atoms with van der Waals surface area (Å²) < 4.78 is 17.6. The number of nitrogens with zero attached hydrogens (tertiary/aromatic N) is 2. The topological polar surface area (TPSA) is 135 Å². The molecule has 5 aliphatic heterocycles. The molecule has 1 fully saturated rings. The summed E-state index contributed by atoms with van der Waals surface area (Å²) in [5, 5.41) is 13.1. The lowest BCUT2D eigenvalue weighted by Gasteiger charge is -2.38. The number of nitrogens with one attached hydrogen (secondary N) is 3. The van der Waals surface area contributed by atoms with Gasteiger partial charge < -0.3 is 29.7 Å². The van der Waals surface area contributed by atoms with Crippen LogP contribution in [0.4, 0.5) is 0 Å². The van der Waals surface area contributed by atoms with E-state index in [0.717, 1.165) is 29.7 Å². The predicted octanol–water partition coefficient (Wildman–Crippen LogP) is 2.79. The molecule has 11 heteroatoms. The Morgan fingerprint density at radius 2 is 1.88 bits per heavy atom. The van der Waals surface area contributed by atoms with Crippen molar-refractivity contribution in [3.63, 3.8) is 0 Å². The fourth-order valence-corrected chi connectivity index (χ4v) is 5.21. The summed E-state index contributed by atoms with van der Waals surface area (Å²) >= 11 is 0. The Hall–Kier alpha value is -4.54. The van der Waals surface area contributed by atoms with Gasteiger partial charge in [0, 0.05) is 38.2 Å². The molecule has 1 aromatic heterocycles. The molecule has 2 atom stereocenters. The normalized spacial score (nSPS) is 19.6. The standard InChI is InChI=1S/C31H37N5O6/c1-3-4-22-16-24(35-34-22)31(39)36-14-13-26-25(18-36)33-30(38)19-41-27-11-7-20(15-28(27)40-2)8-12-29(37)32-17-21-5-9-23(42-26)10-6-21/h5-7,9-11,15-16,25-26H,3-4,8,12-14,17-19H2,1-2H3,(H,32,37)(H,33,38)(H,34,35)/t25-,26-/m1/s1. The largest absolute Gasteiger partial charge is 0.493 e. The Balaban J connectivity index is 1.36. The summed E-state index contributed by atoms with van der Waals surface area (Å²) in [5.74, 6) is 0.943. The third-order valence-electron chi connectivity index (χ3n) is 7.48. The van der Waals surface area contributed by atoms with E-state index in [2.05, 4.69) is 27.8 Å². The number of hydrogen-bond donors (Lipinski definition) is 3. The summed E-state index contributed by atoms with van der Waals surface area (Å²) in [6, 6.07) is 14.2. The average molecular weight is 576 g/mol. The Bertz CT molecular complexity index is 1410. The van der Waals surface area contributed by atoms with E-state index in [0.29, 0.717) is 55.3 Å². The van der Waals surface area contributed by atoms with Crippen LogP contribution in [0.25, 0.3) is 0 Å². The molecule has 3 N–H and O–H groups in total. The molecule has 6 heterocycles. The maximum atomic E-state index is 13.3. The number of amides is 3. The molecule has 1 saturated heterocycles. The number of ether oxygens (including phenoxy) is 3. The molecular formula is C31H37N5O6. The fourth-order valence-electron chi connectivity index (χ4n) is 5.21. The van der Waals surface area contributed by atoms with Crippen molar-refractivity contribution in [2.45, 2.75) is 57.7 Å². The van der Waals surface area contributed by atoms with Gasteiger partial charge in [0.05, 0.1) is 13.2 Å². The van der Waals surface area contributed by atoms with E-state index in [1.165, 1.54) is 7.11 Å². The van der Waals surface area contributed by atoms with Crippen molar-refractivity contribution in [1.82, 2.24) is 25.7 Å². The number of rotatable bonds is 4. The molecule has 0 unspecified atom stereocenters. The number of likely N-dealkylation sites (tertiary alicyclic amines) is 1. The second-order valence-corrected chi connectivity index (χ2v) is 10.6. The van der Waals surface area contributed by atoms with Gasteiger partial charge >= 0.3 is 0 Å². The lowest BCUT2D eigenvalue weighted by atomic mass is 10.0. The van der Waals surface area contributed by atoms with Crippen molar-refractivity contribution < 1.29 is 28.6 Å². The van der Waals surface area contributed by atoms with Crippen molar-refractivity contribution in [1.29, 1.82) is 0 Å². The number of benzene rings is 2. The summed E-state index contributed by atoms with van der Waals surface area (Å²) in [7, 11) is 1.53. The number of H-pyrrole nitrogens is 1. The van der Waals surface area contributed by atoms with Crippen LogP contribution in [0.3, 0.4) is 0 Å². The van der Waals surface area contributed by atoms with Crippen LogP contribution in [-0.2, 0) is 29.0 Å². The number of hydrogen-bond acceptors (Lipinski definition) is 7. The van der Waals surface area contributed by atoms with E-state index >= 15 is 0 Å². The van der Waals surface area contributed by atoms with Crippen molar-refractivity contribution >= 4 is 17.7 Å². The van der Waals surface area contributed by atoms with Crippen LogP contribution in [-0.4, -0.2) is 71.8 Å². The molecule has 8 rings (SSSR count). The van der Waals surface area contributed by atoms with Crippen LogP contribution >= 0.6 is 0 Å². The minimum Gasteiger partial charge on any atom is -0.493 e. The van der Waals surface area contributed by atoms with Crippen molar-refractivity contribution in [2.75, 3.05) is 26.8 Å². The van der Waals surface area contributed by atoms with E-state index in [1.54, 1.807) is 17.0 Å². The molecule has 3 aromatic rings. The first kappa shape index (κ1) is 29.0. The minimum absolute atomic E-state index is 0.0544. The highest BCUT2D eigenvalue weighted by Crippen LogP contribution is 2.29. The minimum atomic E-state index is -0.485. The first-order chi connectivity index (χ1) is 20.4. The van der Waals surface area contributed by atoms with Crippen LogP contribution in [0.15, 0.2) is 48.5 Å². The third-order valence-corrected chi connectivity index (χ3v) is 7.48. The Labute approximate surface area is 244 Å². The van der Waals surface area contributed by atoms with E-state index in [1.807, 2.05) is 36.4 Å². The maximum Gasteiger partial charge on any atom is 0.274 e. The third kappa shape index (κ3) is 7.20. The molecule has 11 nitrogen and oxygen atoms in total. The molecule has 5 aliphatic rings. The first-order valence-corrected chi connectivity index (χ1v) is 14.4. The summed E-state index contributed by atoms with van der Waals surface area (Å²) in [6.45, 7) is 2.94. The summed E-state index contributed by atoms with van der Waals surface area (Å²) in [4.78, 5) is 40.5. The number of piperidine rings is 1. The first-order valence-electron chi connectivity index (χ1n) is 14.4. The zero-order valence-corrected chi connectivity index (χ0v) is 24.0. The highest BCUT2D eigenvalue weighted by Gasteiger charge is 2.35. The van der Waals surface area contributed by atoms with Gasteiger partial charge in [0.1, 0.15) is 17.5 Å². The van der Waals surface area contributed by atoms with Crippen LogP contribution in [0, 0.1) is 0 Å². The summed E-state index contributed by atoms with van der Waals surface area (Å²) in [5.41, 5.74) is 3.14. The number of carbonyl (C=O) groups excluding carboxylic acids is 3. The van der Waals surface area contributed by atoms with Crippen LogP contribution in [0.2, 0.25) is 0 Å². The van der Waals surface area contributed by atoms with Gasteiger partial charge in [-0.2, -0.15) is 5.10 Å². The Morgan fingerprint density at radius 1 is 1.07 bits per heavy atom. The van der Waals surface area contributed by atoms with Crippen LogP contribution in [0.1, 0.15) is 53.5 Å². The zero-order chi connectivity index (χ0) is 29.5. The SMILES string of the molecule is CCCc1cc(C(=O)N2CC[C@H]3Oc4ccc(cc4)CNC(=O)CCc4ccc(c(OC)c4)OCC(=O)N[C@@H]3C2)n[nH]1. The summed E-state index contributed by atoms with van der Waals surface area (Å²) in [6.07, 6.45) is 2.75. The Morgan fingerprint density at radius 3 is 2.67 bits per heavy atom. The smallest absolute Gasteiger partial charge is 0.274 e. The van der Waals surface area contributed by atoms with E-state index in [-0.39, 0.29) is 37.0 Å². The molecular weight excluding hydrogens is 538 g/mol. The van der Waals surface area contributed by atoms with Gasteiger partial charge in [-0.25, -0.2) is 0 Å². The molecule has 0 aliphatic carbocycles. The van der Waals surface area contributed by atoms with Crippen LogP contribution < -0.4 is 24.8 Å². The lowest BCUT2D eigenvalue weighted by molar-refractivity contribution is -0.125. The van der Waals surface area contributed by atoms with Crippen LogP contribution in [0.5, 0.6) is 17.2 Å². The molecule has 2 aromatic carbocycles. The highest BCUT2D eigenvalue weighted by atomic mass is 16.5. The van der Waals surface area contributed by atoms with Crippen molar-refractivity contribution in [3.05, 3.63) is 71.0 Å². The number of carbonyl (C=O) groups is 3. The molecule has 0 saturated carbocycles. The number of methoxy groups -OCH3 is 1. The van der Waals surface area contributed by atoms with Gasteiger partial charge in [-0.15, -0.1) is 0 Å². The number of aromatic nitrogens is 2. The molecule has 0 spiro atoms. The maximum absolute atomic E-state index is 13.3. The number of aromatic amines is 1. The van der Waals surface area contributed by atoms with Gasteiger partial charge in [0.25, 0.3) is 11.8 Å². The lowest BCUT2D eigenvalue weighted by Crippen LogP contribution is -2.58. The molecule has 3 amide bonds. The molecule has 4 bridgehead atoms. The fraction of sp³-hybridized carbons (Fsp3) is 0.419. The predicted molar refractivity (Wildman–Crippen MR) is 155 cm³/mol. The Kier molecular flexibility index (Phi) is 9.25. The van der Waals surface area contributed by atoms with E-state index < -0.39 is 6.04 Å². The van der Waals surface area contributed by atoms with Gasteiger partial charge in [0.15, 0.2) is 18.1 Å². The van der Waals surface area contributed by atoms with Gasteiger partial charge in [0.2, 0.25) is 5.91 Å². The van der Waals surface area contributed by atoms with E-state index in [4.69, 9.17) is 14.2 Å². The van der Waals surface area contributed by atoms with Gasteiger partial charge in [-0.3, -0.25) is 19.5 Å². The van der Waals surface area contributed by atoms with Gasteiger partial charge in [-0.05, 0) is 54.3 Å². The molecule has 0 radical (unpaired) electrons. The monoisotopic (exact) mass is 575 g/mol. The number of aryl methyl sites for hydroxylation is 2. The average Bonchev–Trinajstić information content (AvgIpc) is 3.47. The molecule has 42 heavy (non-hydrogen) atoms. The van der Waals surface area contributed by atoms with Crippen molar-refractivity contribution in [3.8, 4) is 17.2 Å². The van der Waals surface area contributed by atoms with Gasteiger partial charge in [-0.1, -0.05) is 31.5 Å².